The first-order valence-corrected chi connectivity index (χ1v) is 9.69. The van der Waals surface area contributed by atoms with Crippen LogP contribution in [0.25, 0.3) is 0 Å². The molecule has 1 N–H and O–H groups in total. The van der Waals surface area contributed by atoms with Crippen LogP contribution in [-0.2, 0) is 11.2 Å². The zero-order chi connectivity index (χ0) is 18.1. The van der Waals surface area contributed by atoms with Gasteiger partial charge in [0.25, 0.3) is 5.91 Å². The SMILES string of the molecule is Cc1nnc(N2CCN(C(=O)c3ccc4c(c3)CCCC(=O)N4)CC2)s1. The van der Waals surface area contributed by atoms with E-state index in [1.807, 2.05) is 30.0 Å². The standard InChI is InChI=1S/C18H21N5O2S/c1-12-20-21-18(26-12)23-9-7-22(8-10-23)17(25)14-5-6-15-13(11-14)3-2-4-16(24)19-15/h5-6,11H,2-4,7-10H2,1H3,(H,19,24). The number of aromatic nitrogens is 2. The van der Waals surface area contributed by atoms with Gasteiger partial charge in [-0.3, -0.25) is 9.59 Å². The van der Waals surface area contributed by atoms with E-state index in [4.69, 9.17) is 0 Å². The van der Waals surface area contributed by atoms with Crippen molar-refractivity contribution >= 4 is 34.0 Å². The summed E-state index contributed by atoms with van der Waals surface area (Å²) in [4.78, 5) is 28.6. The quantitative estimate of drug-likeness (QED) is 0.874. The molecule has 3 heterocycles. The highest BCUT2D eigenvalue weighted by Crippen LogP contribution is 2.25. The molecule has 0 aliphatic carbocycles. The molecule has 2 amide bonds. The van der Waals surface area contributed by atoms with Crippen molar-refractivity contribution in [2.75, 3.05) is 36.4 Å². The normalized spacial score (nSPS) is 17.5. The monoisotopic (exact) mass is 371 g/mol. The highest BCUT2D eigenvalue weighted by Gasteiger charge is 2.24. The van der Waals surface area contributed by atoms with Gasteiger partial charge in [0, 0.05) is 43.9 Å². The van der Waals surface area contributed by atoms with Gasteiger partial charge >= 0.3 is 0 Å². The number of nitrogens with zero attached hydrogens (tertiary/aromatic N) is 4. The molecule has 0 saturated carbocycles. The molecular weight excluding hydrogens is 350 g/mol. The largest absolute Gasteiger partial charge is 0.343 e. The third-order valence-electron chi connectivity index (χ3n) is 4.83. The number of aryl methyl sites for hydroxylation is 2. The highest BCUT2D eigenvalue weighted by molar-refractivity contribution is 7.15. The number of fused-ring (bicyclic) bond motifs is 1. The van der Waals surface area contributed by atoms with Gasteiger partial charge in [0.1, 0.15) is 5.01 Å². The predicted molar refractivity (Wildman–Crippen MR) is 101 cm³/mol. The maximum absolute atomic E-state index is 12.9. The van der Waals surface area contributed by atoms with Crippen LogP contribution in [0.3, 0.4) is 0 Å². The fourth-order valence-electron chi connectivity index (χ4n) is 3.40. The average molecular weight is 371 g/mol. The van der Waals surface area contributed by atoms with E-state index in [1.165, 1.54) is 0 Å². The smallest absolute Gasteiger partial charge is 0.253 e. The van der Waals surface area contributed by atoms with Gasteiger partial charge in [-0.2, -0.15) is 0 Å². The van der Waals surface area contributed by atoms with Crippen LogP contribution in [-0.4, -0.2) is 53.1 Å². The first-order chi connectivity index (χ1) is 12.6. The number of carbonyl (C=O) groups excluding carboxylic acids is 2. The summed E-state index contributed by atoms with van der Waals surface area (Å²) in [5.41, 5.74) is 2.57. The molecule has 2 aromatic rings. The molecule has 0 unspecified atom stereocenters. The molecular formula is C18H21N5O2S. The van der Waals surface area contributed by atoms with Gasteiger partial charge in [0.05, 0.1) is 0 Å². The second kappa shape index (κ2) is 7.03. The van der Waals surface area contributed by atoms with Crippen LogP contribution in [0.1, 0.15) is 33.8 Å². The second-order valence-corrected chi connectivity index (χ2v) is 7.82. The molecule has 8 heteroatoms. The molecule has 2 aliphatic rings. The molecule has 1 fully saturated rings. The van der Waals surface area contributed by atoms with Gasteiger partial charge in [-0.05, 0) is 43.5 Å². The van der Waals surface area contributed by atoms with Gasteiger partial charge in [0.2, 0.25) is 11.0 Å². The molecule has 0 bridgehead atoms. The number of carbonyl (C=O) groups is 2. The molecule has 0 radical (unpaired) electrons. The Balaban J connectivity index is 1.44. The fraction of sp³-hybridized carbons (Fsp3) is 0.444. The maximum atomic E-state index is 12.9. The molecule has 136 valence electrons. The van der Waals surface area contributed by atoms with Crippen LogP contribution in [0.4, 0.5) is 10.8 Å². The first kappa shape index (κ1) is 17.0. The Bertz CT molecular complexity index is 842. The Morgan fingerprint density at radius 2 is 1.96 bits per heavy atom. The minimum absolute atomic E-state index is 0.0471. The van der Waals surface area contributed by atoms with Crippen molar-refractivity contribution in [1.82, 2.24) is 15.1 Å². The van der Waals surface area contributed by atoms with Crippen LogP contribution in [0, 0.1) is 6.92 Å². The van der Waals surface area contributed by atoms with E-state index in [2.05, 4.69) is 20.4 Å². The number of hydrogen-bond donors (Lipinski definition) is 1. The molecule has 4 rings (SSSR count). The van der Waals surface area contributed by atoms with Gasteiger partial charge < -0.3 is 15.1 Å². The summed E-state index contributed by atoms with van der Waals surface area (Å²) in [5.74, 6) is 0.0994. The van der Waals surface area contributed by atoms with E-state index < -0.39 is 0 Å². The summed E-state index contributed by atoms with van der Waals surface area (Å²) < 4.78 is 0. The highest BCUT2D eigenvalue weighted by atomic mass is 32.1. The minimum atomic E-state index is 0.0471. The van der Waals surface area contributed by atoms with Crippen molar-refractivity contribution in [3.63, 3.8) is 0 Å². The van der Waals surface area contributed by atoms with Crippen LogP contribution in [0.5, 0.6) is 0 Å². The Kier molecular flexibility index (Phi) is 4.58. The summed E-state index contributed by atoms with van der Waals surface area (Å²) in [5, 5.41) is 13.0. The van der Waals surface area contributed by atoms with Crippen molar-refractivity contribution in [2.45, 2.75) is 26.2 Å². The van der Waals surface area contributed by atoms with E-state index in [-0.39, 0.29) is 11.8 Å². The third kappa shape index (κ3) is 3.41. The number of nitrogens with one attached hydrogen (secondary N) is 1. The van der Waals surface area contributed by atoms with E-state index >= 15 is 0 Å². The predicted octanol–water partition coefficient (Wildman–Crippen LogP) is 2.08. The molecule has 7 nitrogen and oxygen atoms in total. The summed E-state index contributed by atoms with van der Waals surface area (Å²) in [6.45, 7) is 4.82. The number of piperazine rings is 1. The topological polar surface area (TPSA) is 78.4 Å². The molecule has 0 spiro atoms. The zero-order valence-electron chi connectivity index (χ0n) is 14.7. The Morgan fingerprint density at radius 3 is 2.69 bits per heavy atom. The number of benzene rings is 1. The molecule has 2 aliphatic heterocycles. The summed E-state index contributed by atoms with van der Waals surface area (Å²) in [7, 11) is 0. The molecule has 1 aromatic carbocycles. The lowest BCUT2D eigenvalue weighted by atomic mass is 10.0. The Morgan fingerprint density at radius 1 is 1.15 bits per heavy atom. The maximum Gasteiger partial charge on any atom is 0.253 e. The van der Waals surface area contributed by atoms with Crippen LogP contribution in [0.2, 0.25) is 0 Å². The zero-order valence-corrected chi connectivity index (χ0v) is 15.5. The van der Waals surface area contributed by atoms with Crippen molar-refractivity contribution < 1.29 is 9.59 Å². The number of anilines is 2. The van der Waals surface area contributed by atoms with E-state index in [0.29, 0.717) is 25.1 Å². The number of amides is 2. The fourth-order valence-corrected chi connectivity index (χ4v) is 4.14. The van der Waals surface area contributed by atoms with Gasteiger partial charge in [-0.15, -0.1) is 10.2 Å². The lowest BCUT2D eigenvalue weighted by Crippen LogP contribution is -2.48. The molecule has 0 atom stereocenters. The lowest BCUT2D eigenvalue weighted by Gasteiger charge is -2.34. The molecule has 1 aromatic heterocycles. The van der Waals surface area contributed by atoms with Gasteiger partial charge in [0.15, 0.2) is 0 Å². The van der Waals surface area contributed by atoms with E-state index in [9.17, 15) is 9.59 Å². The van der Waals surface area contributed by atoms with Crippen molar-refractivity contribution in [2.24, 2.45) is 0 Å². The first-order valence-electron chi connectivity index (χ1n) is 8.87. The van der Waals surface area contributed by atoms with Gasteiger partial charge in [-0.25, -0.2) is 0 Å². The number of rotatable bonds is 2. The number of hydrogen-bond acceptors (Lipinski definition) is 6. The van der Waals surface area contributed by atoms with Crippen LogP contribution in [0.15, 0.2) is 18.2 Å². The summed E-state index contributed by atoms with van der Waals surface area (Å²) >= 11 is 1.58. The Labute approximate surface area is 156 Å². The lowest BCUT2D eigenvalue weighted by molar-refractivity contribution is -0.116. The van der Waals surface area contributed by atoms with Crippen molar-refractivity contribution in [3.05, 3.63) is 34.3 Å². The third-order valence-corrected chi connectivity index (χ3v) is 5.73. The second-order valence-electron chi connectivity index (χ2n) is 6.66. The van der Waals surface area contributed by atoms with Gasteiger partial charge in [-0.1, -0.05) is 11.3 Å². The minimum Gasteiger partial charge on any atom is -0.343 e. The molecule has 1 saturated heterocycles. The van der Waals surface area contributed by atoms with E-state index in [1.54, 1.807) is 11.3 Å². The van der Waals surface area contributed by atoms with Crippen molar-refractivity contribution in [1.29, 1.82) is 0 Å². The summed E-state index contributed by atoms with van der Waals surface area (Å²) in [6.07, 6.45) is 2.17. The average Bonchev–Trinajstić information content (AvgIpc) is 2.99. The Hall–Kier alpha value is -2.48. The van der Waals surface area contributed by atoms with Crippen LogP contribution >= 0.6 is 11.3 Å². The molecule has 26 heavy (non-hydrogen) atoms. The van der Waals surface area contributed by atoms with Crippen molar-refractivity contribution in [3.8, 4) is 0 Å². The van der Waals surface area contributed by atoms with Crippen LogP contribution < -0.4 is 10.2 Å². The van der Waals surface area contributed by atoms with E-state index in [0.717, 1.165) is 47.3 Å². The summed E-state index contributed by atoms with van der Waals surface area (Å²) in [6, 6.07) is 5.60.